The number of benzene rings is 1. The highest BCUT2D eigenvalue weighted by Gasteiger charge is 2.22. The number of aliphatic imine (C=N–C) groups is 1. The average Bonchev–Trinajstić information content (AvgIpc) is 3.16. The van der Waals surface area contributed by atoms with E-state index >= 15 is 0 Å². The second-order valence-corrected chi connectivity index (χ2v) is 7.31. The van der Waals surface area contributed by atoms with Crippen LogP contribution in [0.5, 0.6) is 11.5 Å². The molecule has 7 nitrogen and oxygen atoms in total. The fourth-order valence-corrected chi connectivity index (χ4v) is 3.64. The summed E-state index contributed by atoms with van der Waals surface area (Å²) in [6.45, 7) is 7.40. The molecule has 1 saturated heterocycles. The number of carbonyl (C=O) groups excluding carboxylic acids is 1. The molecule has 1 atom stereocenters. The molecule has 1 amide bonds. The molecule has 3 rings (SSSR count). The molecule has 2 aliphatic heterocycles. The van der Waals surface area contributed by atoms with Crippen LogP contribution in [0.25, 0.3) is 0 Å². The Labute approximate surface area is 190 Å². The lowest BCUT2D eigenvalue weighted by molar-refractivity contribution is -0.134. The molecule has 29 heavy (non-hydrogen) atoms. The minimum atomic E-state index is 0. The molecule has 1 fully saturated rings. The van der Waals surface area contributed by atoms with Gasteiger partial charge in [0, 0.05) is 32.1 Å². The molecule has 1 aromatic rings. The Bertz CT molecular complexity index is 699. The molecule has 2 N–H and O–H groups in total. The number of likely N-dealkylation sites (tertiary alicyclic amines) is 1. The maximum absolute atomic E-state index is 12.4. The summed E-state index contributed by atoms with van der Waals surface area (Å²) in [6, 6.07) is 6.38. The SMILES string of the molecule is CCNC(=NCCC(=O)N1CCCCC1C)NCCc1ccc2c(c1)OCO2.I. The standard InChI is InChI=1S/C21H32N4O3.HI/c1-3-22-21(24-12-10-20(26)25-13-5-4-6-16(25)2)23-11-9-17-7-8-18-19(14-17)28-15-27-18;/h7-8,14,16H,3-6,9-13,15H2,1-2H3,(H2,22,23,24);1H. The van der Waals surface area contributed by atoms with Crippen LogP contribution in [-0.2, 0) is 11.2 Å². The fraction of sp³-hybridized carbons (Fsp3) is 0.619. The van der Waals surface area contributed by atoms with Gasteiger partial charge >= 0.3 is 0 Å². The average molecular weight is 516 g/mol. The van der Waals surface area contributed by atoms with E-state index in [9.17, 15) is 4.79 Å². The van der Waals surface area contributed by atoms with Gasteiger partial charge in [0.25, 0.3) is 0 Å². The number of guanidine groups is 1. The minimum Gasteiger partial charge on any atom is -0.454 e. The van der Waals surface area contributed by atoms with Gasteiger partial charge in [-0.1, -0.05) is 6.07 Å². The number of carbonyl (C=O) groups is 1. The van der Waals surface area contributed by atoms with Crippen molar-refractivity contribution < 1.29 is 14.3 Å². The van der Waals surface area contributed by atoms with Crippen molar-refractivity contribution in [3.63, 3.8) is 0 Å². The Balaban J connectivity index is 0.00000300. The molecular formula is C21H33IN4O3. The quantitative estimate of drug-likeness (QED) is 0.331. The summed E-state index contributed by atoms with van der Waals surface area (Å²) in [6.07, 6.45) is 4.76. The van der Waals surface area contributed by atoms with E-state index < -0.39 is 0 Å². The van der Waals surface area contributed by atoms with Gasteiger partial charge in [-0.2, -0.15) is 0 Å². The largest absolute Gasteiger partial charge is 0.454 e. The number of hydrogen-bond acceptors (Lipinski definition) is 4. The van der Waals surface area contributed by atoms with Crippen LogP contribution in [0.3, 0.4) is 0 Å². The summed E-state index contributed by atoms with van der Waals surface area (Å²) < 4.78 is 10.8. The monoisotopic (exact) mass is 516 g/mol. The Kier molecular flexibility index (Phi) is 9.83. The van der Waals surface area contributed by atoms with Crippen molar-refractivity contribution in [1.82, 2.24) is 15.5 Å². The van der Waals surface area contributed by atoms with E-state index in [4.69, 9.17) is 9.47 Å². The zero-order valence-electron chi connectivity index (χ0n) is 17.4. The first kappa shape index (κ1) is 23.6. The van der Waals surface area contributed by atoms with Gasteiger partial charge in [0.05, 0.1) is 6.54 Å². The van der Waals surface area contributed by atoms with Gasteiger partial charge < -0.3 is 25.0 Å². The van der Waals surface area contributed by atoms with Gasteiger partial charge in [-0.05, 0) is 57.2 Å². The summed E-state index contributed by atoms with van der Waals surface area (Å²) in [5.41, 5.74) is 1.18. The number of halogens is 1. The summed E-state index contributed by atoms with van der Waals surface area (Å²) in [7, 11) is 0. The van der Waals surface area contributed by atoms with Gasteiger partial charge in [-0.15, -0.1) is 24.0 Å². The van der Waals surface area contributed by atoms with Crippen molar-refractivity contribution in [2.24, 2.45) is 4.99 Å². The summed E-state index contributed by atoms with van der Waals surface area (Å²) in [5.74, 6) is 2.58. The molecule has 1 unspecified atom stereocenters. The lowest BCUT2D eigenvalue weighted by atomic mass is 10.0. The van der Waals surface area contributed by atoms with Crippen LogP contribution in [0.4, 0.5) is 0 Å². The van der Waals surface area contributed by atoms with Crippen molar-refractivity contribution in [3.05, 3.63) is 23.8 Å². The predicted octanol–water partition coefficient (Wildman–Crippen LogP) is 2.92. The van der Waals surface area contributed by atoms with E-state index in [1.807, 2.05) is 24.0 Å². The number of ether oxygens (including phenoxy) is 2. The van der Waals surface area contributed by atoms with E-state index in [1.165, 1.54) is 12.0 Å². The number of nitrogens with zero attached hydrogens (tertiary/aromatic N) is 2. The smallest absolute Gasteiger partial charge is 0.231 e. The first-order valence-corrected chi connectivity index (χ1v) is 10.4. The van der Waals surface area contributed by atoms with E-state index in [0.29, 0.717) is 25.8 Å². The molecule has 0 spiro atoms. The first-order valence-electron chi connectivity index (χ1n) is 10.4. The van der Waals surface area contributed by atoms with Crippen LogP contribution in [0, 0.1) is 0 Å². The highest BCUT2D eigenvalue weighted by molar-refractivity contribution is 14.0. The van der Waals surface area contributed by atoms with Gasteiger partial charge in [-0.25, -0.2) is 0 Å². The van der Waals surface area contributed by atoms with Crippen molar-refractivity contribution >= 4 is 35.8 Å². The maximum atomic E-state index is 12.4. The zero-order chi connectivity index (χ0) is 19.8. The lowest BCUT2D eigenvalue weighted by Gasteiger charge is -2.33. The molecule has 0 bridgehead atoms. The Hall–Kier alpha value is -1.71. The molecule has 0 aliphatic carbocycles. The predicted molar refractivity (Wildman–Crippen MR) is 125 cm³/mol. The topological polar surface area (TPSA) is 75.2 Å². The van der Waals surface area contributed by atoms with E-state index in [0.717, 1.165) is 56.4 Å². The number of hydrogen-bond donors (Lipinski definition) is 2. The Morgan fingerprint density at radius 3 is 2.86 bits per heavy atom. The fourth-order valence-electron chi connectivity index (χ4n) is 3.64. The second kappa shape index (κ2) is 12.1. The molecule has 0 aromatic heterocycles. The summed E-state index contributed by atoms with van der Waals surface area (Å²) >= 11 is 0. The molecule has 2 heterocycles. The van der Waals surface area contributed by atoms with E-state index in [1.54, 1.807) is 0 Å². The number of piperidine rings is 1. The summed E-state index contributed by atoms with van der Waals surface area (Å²) in [5, 5.41) is 6.58. The van der Waals surface area contributed by atoms with Crippen molar-refractivity contribution in [2.75, 3.05) is 33.0 Å². The maximum Gasteiger partial charge on any atom is 0.231 e. The van der Waals surface area contributed by atoms with Crippen molar-refractivity contribution in [1.29, 1.82) is 0 Å². The highest BCUT2D eigenvalue weighted by atomic mass is 127. The molecule has 0 saturated carbocycles. The van der Waals surface area contributed by atoms with Crippen LogP contribution >= 0.6 is 24.0 Å². The summed E-state index contributed by atoms with van der Waals surface area (Å²) in [4.78, 5) is 19.0. The third-order valence-corrected chi connectivity index (χ3v) is 5.21. The molecule has 1 aromatic carbocycles. The van der Waals surface area contributed by atoms with E-state index in [-0.39, 0.29) is 29.9 Å². The first-order chi connectivity index (χ1) is 13.7. The number of amides is 1. The molecule has 8 heteroatoms. The lowest BCUT2D eigenvalue weighted by Crippen LogP contribution is -2.42. The molecule has 0 radical (unpaired) electrons. The van der Waals surface area contributed by atoms with Crippen LogP contribution < -0.4 is 20.1 Å². The second-order valence-electron chi connectivity index (χ2n) is 7.31. The van der Waals surface area contributed by atoms with Crippen LogP contribution in [0.15, 0.2) is 23.2 Å². The Morgan fingerprint density at radius 2 is 2.07 bits per heavy atom. The van der Waals surface area contributed by atoms with Gasteiger partial charge in [0.2, 0.25) is 12.7 Å². The Morgan fingerprint density at radius 1 is 1.24 bits per heavy atom. The normalized spacial score (nSPS) is 18.2. The van der Waals surface area contributed by atoms with E-state index in [2.05, 4.69) is 28.6 Å². The number of nitrogens with one attached hydrogen (secondary N) is 2. The van der Waals surface area contributed by atoms with Crippen LogP contribution in [-0.4, -0.2) is 55.8 Å². The van der Waals surface area contributed by atoms with Crippen molar-refractivity contribution in [2.45, 2.75) is 52.0 Å². The molecule has 162 valence electrons. The number of rotatable bonds is 7. The minimum absolute atomic E-state index is 0. The third kappa shape index (κ3) is 6.94. The van der Waals surface area contributed by atoms with Crippen molar-refractivity contribution in [3.8, 4) is 11.5 Å². The van der Waals surface area contributed by atoms with Crippen LogP contribution in [0.1, 0.15) is 45.1 Å². The number of fused-ring (bicyclic) bond motifs is 1. The third-order valence-electron chi connectivity index (χ3n) is 5.21. The highest BCUT2D eigenvalue weighted by Crippen LogP contribution is 2.32. The van der Waals surface area contributed by atoms with Gasteiger partial charge in [0.1, 0.15) is 0 Å². The van der Waals surface area contributed by atoms with Crippen LogP contribution in [0.2, 0.25) is 0 Å². The van der Waals surface area contributed by atoms with Gasteiger partial charge in [0.15, 0.2) is 17.5 Å². The zero-order valence-corrected chi connectivity index (χ0v) is 19.7. The molecule has 2 aliphatic rings. The van der Waals surface area contributed by atoms with Gasteiger partial charge in [-0.3, -0.25) is 9.79 Å². The molecular weight excluding hydrogens is 483 g/mol.